The van der Waals surface area contributed by atoms with Gasteiger partial charge in [-0.15, -0.1) is 0 Å². The lowest BCUT2D eigenvalue weighted by Gasteiger charge is -2.16. The summed E-state index contributed by atoms with van der Waals surface area (Å²) >= 11 is 15.6. The van der Waals surface area contributed by atoms with Crippen molar-refractivity contribution >= 4 is 49.2 Å². The zero-order chi connectivity index (χ0) is 19.1. The monoisotopic (exact) mass is 479 g/mol. The van der Waals surface area contributed by atoms with Crippen LogP contribution in [0.4, 0.5) is 0 Å². The molecule has 0 bridgehead atoms. The summed E-state index contributed by atoms with van der Waals surface area (Å²) in [7, 11) is -2.36. The van der Waals surface area contributed by atoms with Crippen LogP contribution in [0.3, 0.4) is 0 Å². The van der Waals surface area contributed by atoms with Gasteiger partial charge in [0.1, 0.15) is 16.4 Å². The largest absolute Gasteiger partial charge is 0.495 e. The van der Waals surface area contributed by atoms with E-state index in [0.717, 1.165) is 12.8 Å². The van der Waals surface area contributed by atoms with E-state index in [1.165, 1.54) is 19.2 Å². The standard InChI is InChI=1S/C17H16BrCl2NO4S/c1-17(5-6-17)21-26(22,23)15-9-11(3-4-14(15)24-2)25-16-12(19)7-10(18)8-13(16)20/h3-4,7-9,21H,5-6H2,1-2H3. The second kappa shape index (κ2) is 7.20. The Morgan fingerprint density at radius 1 is 1.15 bits per heavy atom. The van der Waals surface area contributed by atoms with E-state index in [0.29, 0.717) is 14.5 Å². The third kappa shape index (κ3) is 4.28. The summed E-state index contributed by atoms with van der Waals surface area (Å²) in [5.41, 5.74) is -0.404. The summed E-state index contributed by atoms with van der Waals surface area (Å²) in [4.78, 5) is -0.00465. The average Bonchev–Trinajstić information content (AvgIpc) is 3.26. The van der Waals surface area contributed by atoms with E-state index in [-0.39, 0.29) is 22.1 Å². The van der Waals surface area contributed by atoms with Crippen LogP contribution < -0.4 is 14.2 Å². The SMILES string of the molecule is COc1ccc(Oc2c(Cl)cc(Br)cc2Cl)cc1S(=O)(=O)NC1(C)CC1. The number of methoxy groups -OCH3 is 1. The van der Waals surface area contributed by atoms with Crippen LogP contribution in [-0.4, -0.2) is 21.1 Å². The number of benzene rings is 2. The number of hydrogen-bond donors (Lipinski definition) is 1. The minimum atomic E-state index is -3.77. The number of rotatable bonds is 6. The third-order valence-electron chi connectivity index (χ3n) is 3.99. The number of halogens is 3. The average molecular weight is 481 g/mol. The zero-order valence-electron chi connectivity index (χ0n) is 14.0. The van der Waals surface area contributed by atoms with E-state index in [4.69, 9.17) is 32.7 Å². The van der Waals surface area contributed by atoms with Gasteiger partial charge in [0.2, 0.25) is 10.0 Å². The lowest BCUT2D eigenvalue weighted by Crippen LogP contribution is -2.34. The maximum atomic E-state index is 12.7. The maximum Gasteiger partial charge on any atom is 0.244 e. The fraction of sp³-hybridized carbons (Fsp3) is 0.294. The molecule has 0 atom stereocenters. The van der Waals surface area contributed by atoms with E-state index in [1.54, 1.807) is 18.2 Å². The molecule has 0 saturated heterocycles. The van der Waals surface area contributed by atoms with Crippen molar-refractivity contribution in [3.05, 3.63) is 44.8 Å². The number of hydrogen-bond acceptors (Lipinski definition) is 4. The first kappa shape index (κ1) is 19.8. The molecule has 1 aliphatic rings. The van der Waals surface area contributed by atoms with E-state index in [9.17, 15) is 8.42 Å². The highest BCUT2D eigenvalue weighted by molar-refractivity contribution is 9.10. The van der Waals surface area contributed by atoms with Crippen LogP contribution in [0.1, 0.15) is 19.8 Å². The van der Waals surface area contributed by atoms with Crippen molar-refractivity contribution in [2.45, 2.75) is 30.2 Å². The van der Waals surface area contributed by atoms with Crippen LogP contribution in [0, 0.1) is 0 Å². The van der Waals surface area contributed by atoms with Crippen molar-refractivity contribution in [2.75, 3.05) is 7.11 Å². The molecule has 26 heavy (non-hydrogen) atoms. The van der Waals surface area contributed by atoms with Crippen molar-refractivity contribution in [3.8, 4) is 17.2 Å². The van der Waals surface area contributed by atoms with Crippen molar-refractivity contribution in [1.29, 1.82) is 0 Å². The van der Waals surface area contributed by atoms with Crippen molar-refractivity contribution < 1.29 is 17.9 Å². The quantitative estimate of drug-likeness (QED) is 0.602. The Morgan fingerprint density at radius 3 is 2.31 bits per heavy atom. The molecule has 2 aromatic carbocycles. The van der Waals surface area contributed by atoms with E-state index < -0.39 is 15.6 Å². The summed E-state index contributed by atoms with van der Waals surface area (Å²) < 4.78 is 39.8. The molecule has 0 spiro atoms. The van der Waals surface area contributed by atoms with Gasteiger partial charge in [-0.3, -0.25) is 0 Å². The van der Waals surface area contributed by atoms with Gasteiger partial charge in [0.15, 0.2) is 5.75 Å². The van der Waals surface area contributed by atoms with Gasteiger partial charge >= 0.3 is 0 Å². The molecule has 0 unspecified atom stereocenters. The van der Waals surface area contributed by atoms with Crippen LogP contribution in [0.2, 0.25) is 10.0 Å². The van der Waals surface area contributed by atoms with Crippen LogP contribution in [0.5, 0.6) is 17.2 Å². The highest BCUT2D eigenvalue weighted by Gasteiger charge is 2.42. The lowest BCUT2D eigenvalue weighted by molar-refractivity contribution is 0.399. The maximum absolute atomic E-state index is 12.7. The molecule has 2 aromatic rings. The van der Waals surface area contributed by atoms with Gasteiger partial charge in [-0.25, -0.2) is 13.1 Å². The van der Waals surface area contributed by atoms with Gasteiger partial charge in [0, 0.05) is 16.1 Å². The normalized spacial score (nSPS) is 15.6. The Kier molecular flexibility index (Phi) is 5.48. The molecule has 1 fully saturated rings. The summed E-state index contributed by atoms with van der Waals surface area (Å²) in [6, 6.07) is 7.78. The topological polar surface area (TPSA) is 64.6 Å². The Bertz CT molecular complexity index is 938. The van der Waals surface area contributed by atoms with Gasteiger partial charge in [-0.1, -0.05) is 39.1 Å². The van der Waals surface area contributed by atoms with Crippen molar-refractivity contribution in [2.24, 2.45) is 0 Å². The predicted octanol–water partition coefficient (Wildman–Crippen LogP) is 5.39. The van der Waals surface area contributed by atoms with Crippen LogP contribution in [-0.2, 0) is 10.0 Å². The fourth-order valence-corrected chi connectivity index (χ4v) is 5.28. The molecule has 5 nitrogen and oxygen atoms in total. The molecule has 0 heterocycles. The Labute approximate surface area is 170 Å². The molecule has 0 radical (unpaired) electrons. The molecule has 140 valence electrons. The van der Waals surface area contributed by atoms with Gasteiger partial charge in [-0.2, -0.15) is 0 Å². The first-order valence-electron chi connectivity index (χ1n) is 7.68. The van der Waals surface area contributed by atoms with E-state index >= 15 is 0 Å². The second-order valence-electron chi connectivity index (χ2n) is 6.28. The number of sulfonamides is 1. The molecule has 3 rings (SSSR count). The lowest BCUT2D eigenvalue weighted by atomic mass is 10.3. The van der Waals surface area contributed by atoms with Gasteiger partial charge in [0.25, 0.3) is 0 Å². The van der Waals surface area contributed by atoms with Gasteiger partial charge in [-0.05, 0) is 44.0 Å². The van der Waals surface area contributed by atoms with Gasteiger partial charge in [0.05, 0.1) is 17.2 Å². The Morgan fingerprint density at radius 2 is 1.77 bits per heavy atom. The molecular formula is C17H16BrCl2NO4S. The highest BCUT2D eigenvalue weighted by Crippen LogP contribution is 2.41. The predicted molar refractivity (Wildman–Crippen MR) is 105 cm³/mol. The summed E-state index contributed by atoms with van der Waals surface area (Å²) in [6.07, 6.45) is 1.60. The third-order valence-corrected chi connectivity index (χ3v) is 6.67. The molecule has 0 amide bonds. The molecule has 1 N–H and O–H groups in total. The summed E-state index contributed by atoms with van der Waals surface area (Å²) in [6.45, 7) is 1.86. The Hall–Kier alpha value is -0.990. The summed E-state index contributed by atoms with van der Waals surface area (Å²) in [5.74, 6) is 0.743. The number of ether oxygens (including phenoxy) is 2. The minimum Gasteiger partial charge on any atom is -0.495 e. The first-order valence-corrected chi connectivity index (χ1v) is 10.7. The fourth-order valence-electron chi connectivity index (χ4n) is 2.34. The summed E-state index contributed by atoms with van der Waals surface area (Å²) in [5, 5.41) is 0.599. The second-order valence-corrected chi connectivity index (χ2v) is 9.66. The van der Waals surface area contributed by atoms with E-state index in [1.807, 2.05) is 6.92 Å². The van der Waals surface area contributed by atoms with Gasteiger partial charge < -0.3 is 9.47 Å². The van der Waals surface area contributed by atoms with Crippen LogP contribution in [0.15, 0.2) is 39.7 Å². The highest BCUT2D eigenvalue weighted by atomic mass is 79.9. The van der Waals surface area contributed by atoms with Crippen molar-refractivity contribution in [3.63, 3.8) is 0 Å². The van der Waals surface area contributed by atoms with E-state index in [2.05, 4.69) is 20.7 Å². The zero-order valence-corrected chi connectivity index (χ0v) is 17.9. The van der Waals surface area contributed by atoms with Crippen LogP contribution in [0.25, 0.3) is 0 Å². The molecule has 9 heteroatoms. The number of nitrogens with one attached hydrogen (secondary N) is 1. The molecule has 0 aliphatic heterocycles. The molecule has 0 aromatic heterocycles. The molecule has 1 saturated carbocycles. The minimum absolute atomic E-state index is 0.00465. The van der Waals surface area contributed by atoms with Crippen LogP contribution >= 0.6 is 39.1 Å². The Balaban J connectivity index is 1.98. The molecular weight excluding hydrogens is 465 g/mol. The smallest absolute Gasteiger partial charge is 0.244 e. The first-order chi connectivity index (χ1) is 12.1. The van der Waals surface area contributed by atoms with Crippen molar-refractivity contribution in [1.82, 2.24) is 4.72 Å². The molecule has 1 aliphatic carbocycles.